The fourth-order valence-corrected chi connectivity index (χ4v) is 2.46. The number of ether oxygens (including phenoxy) is 1. The SMILES string of the molecule is COC(=O)C1CCCCN1Cc1ccc(F)c(F)c1. The molecule has 0 radical (unpaired) electrons. The van der Waals surface area contributed by atoms with Crippen molar-refractivity contribution in [3.8, 4) is 0 Å². The van der Waals surface area contributed by atoms with Gasteiger partial charge in [-0.25, -0.2) is 8.78 Å². The Balaban J connectivity index is 2.10. The van der Waals surface area contributed by atoms with Crippen molar-refractivity contribution in [2.75, 3.05) is 13.7 Å². The van der Waals surface area contributed by atoms with Crippen LogP contribution in [-0.2, 0) is 16.1 Å². The molecule has 1 fully saturated rings. The van der Waals surface area contributed by atoms with E-state index >= 15 is 0 Å². The maximum absolute atomic E-state index is 13.2. The number of esters is 1. The number of hydrogen-bond donors (Lipinski definition) is 0. The molecule has 0 amide bonds. The number of benzene rings is 1. The second kappa shape index (κ2) is 6.10. The molecule has 0 saturated carbocycles. The largest absolute Gasteiger partial charge is 0.468 e. The molecule has 19 heavy (non-hydrogen) atoms. The lowest BCUT2D eigenvalue weighted by Crippen LogP contribution is -2.44. The first-order chi connectivity index (χ1) is 9.11. The van der Waals surface area contributed by atoms with Gasteiger partial charge in [0.05, 0.1) is 7.11 Å². The van der Waals surface area contributed by atoms with E-state index in [0.717, 1.165) is 31.9 Å². The predicted octanol–water partition coefficient (Wildman–Crippen LogP) is 2.49. The highest BCUT2D eigenvalue weighted by atomic mass is 19.2. The molecule has 1 heterocycles. The van der Waals surface area contributed by atoms with Crippen molar-refractivity contribution in [3.63, 3.8) is 0 Å². The van der Waals surface area contributed by atoms with Crippen molar-refractivity contribution in [2.45, 2.75) is 31.8 Å². The Hall–Kier alpha value is -1.49. The molecule has 3 nitrogen and oxygen atoms in total. The van der Waals surface area contributed by atoms with Crippen LogP contribution in [0.25, 0.3) is 0 Å². The van der Waals surface area contributed by atoms with Gasteiger partial charge in [-0.05, 0) is 37.1 Å². The molecule has 1 unspecified atom stereocenters. The standard InChI is InChI=1S/C14H17F2NO2/c1-19-14(18)13-4-2-3-7-17(13)9-10-5-6-11(15)12(16)8-10/h5-6,8,13H,2-4,7,9H2,1H3. The Bertz CT molecular complexity index is 465. The predicted molar refractivity (Wildman–Crippen MR) is 66.4 cm³/mol. The first kappa shape index (κ1) is 13.9. The van der Waals surface area contributed by atoms with Gasteiger partial charge in [0.15, 0.2) is 11.6 Å². The monoisotopic (exact) mass is 269 g/mol. The zero-order valence-corrected chi connectivity index (χ0v) is 10.9. The second-order valence-corrected chi connectivity index (χ2v) is 4.75. The number of rotatable bonds is 3. The van der Waals surface area contributed by atoms with Crippen LogP contribution in [0.5, 0.6) is 0 Å². The molecule has 1 aromatic carbocycles. The first-order valence-electron chi connectivity index (χ1n) is 6.37. The lowest BCUT2D eigenvalue weighted by atomic mass is 10.0. The second-order valence-electron chi connectivity index (χ2n) is 4.75. The Morgan fingerprint density at radius 2 is 2.16 bits per heavy atom. The molecule has 1 aliphatic heterocycles. The van der Waals surface area contributed by atoms with Crippen LogP contribution >= 0.6 is 0 Å². The molecule has 0 aromatic heterocycles. The van der Waals surface area contributed by atoms with E-state index in [0.29, 0.717) is 12.1 Å². The Morgan fingerprint density at radius 1 is 1.37 bits per heavy atom. The minimum Gasteiger partial charge on any atom is -0.468 e. The average molecular weight is 269 g/mol. The summed E-state index contributed by atoms with van der Waals surface area (Å²) in [6.45, 7) is 1.19. The summed E-state index contributed by atoms with van der Waals surface area (Å²) < 4.78 is 30.8. The summed E-state index contributed by atoms with van der Waals surface area (Å²) in [6.07, 6.45) is 2.72. The minimum atomic E-state index is -0.857. The van der Waals surface area contributed by atoms with Crippen molar-refractivity contribution in [1.82, 2.24) is 4.90 Å². The maximum Gasteiger partial charge on any atom is 0.323 e. The van der Waals surface area contributed by atoms with Crippen molar-refractivity contribution < 1.29 is 18.3 Å². The molecule has 1 saturated heterocycles. The molecule has 0 N–H and O–H groups in total. The van der Waals surface area contributed by atoms with Gasteiger partial charge in [0.1, 0.15) is 6.04 Å². The molecule has 0 aliphatic carbocycles. The summed E-state index contributed by atoms with van der Waals surface area (Å²) in [5, 5.41) is 0. The summed E-state index contributed by atoms with van der Waals surface area (Å²) in [5.74, 6) is -1.97. The van der Waals surface area contributed by atoms with Crippen LogP contribution in [0.3, 0.4) is 0 Å². The lowest BCUT2D eigenvalue weighted by Gasteiger charge is -2.33. The van der Waals surface area contributed by atoms with Crippen LogP contribution in [0, 0.1) is 11.6 Å². The van der Waals surface area contributed by atoms with Gasteiger partial charge in [-0.2, -0.15) is 0 Å². The Labute approximate surface area is 111 Å². The van der Waals surface area contributed by atoms with E-state index in [4.69, 9.17) is 4.74 Å². The van der Waals surface area contributed by atoms with Crippen LogP contribution in [0.2, 0.25) is 0 Å². The van der Waals surface area contributed by atoms with E-state index in [-0.39, 0.29) is 12.0 Å². The third kappa shape index (κ3) is 3.29. The van der Waals surface area contributed by atoms with Crippen LogP contribution < -0.4 is 0 Å². The third-order valence-electron chi connectivity index (χ3n) is 3.46. The van der Waals surface area contributed by atoms with Gasteiger partial charge < -0.3 is 4.74 Å². The number of carbonyl (C=O) groups is 1. The summed E-state index contributed by atoms with van der Waals surface area (Å²) in [7, 11) is 1.37. The van der Waals surface area contributed by atoms with Crippen molar-refractivity contribution in [3.05, 3.63) is 35.4 Å². The summed E-state index contributed by atoms with van der Waals surface area (Å²) in [4.78, 5) is 13.7. The first-order valence-corrected chi connectivity index (χ1v) is 6.37. The number of piperidine rings is 1. The smallest absolute Gasteiger partial charge is 0.323 e. The van der Waals surface area contributed by atoms with Gasteiger partial charge in [0.2, 0.25) is 0 Å². The molecular formula is C14H17F2NO2. The molecule has 1 aromatic rings. The molecule has 0 spiro atoms. The molecule has 104 valence electrons. The van der Waals surface area contributed by atoms with Gasteiger partial charge in [-0.1, -0.05) is 12.5 Å². The van der Waals surface area contributed by atoms with Crippen molar-refractivity contribution in [2.24, 2.45) is 0 Å². The van der Waals surface area contributed by atoms with E-state index < -0.39 is 11.6 Å². The van der Waals surface area contributed by atoms with Crippen LogP contribution in [0.15, 0.2) is 18.2 Å². The molecule has 1 atom stereocenters. The molecule has 5 heteroatoms. The number of halogens is 2. The Kier molecular flexibility index (Phi) is 4.47. The summed E-state index contributed by atoms with van der Waals surface area (Å²) in [6, 6.07) is 3.55. The normalized spacial score (nSPS) is 20.3. The third-order valence-corrected chi connectivity index (χ3v) is 3.46. The van der Waals surface area contributed by atoms with Gasteiger partial charge in [-0.3, -0.25) is 9.69 Å². The fourth-order valence-electron chi connectivity index (χ4n) is 2.46. The van der Waals surface area contributed by atoms with E-state index in [1.807, 2.05) is 4.90 Å². The summed E-state index contributed by atoms with van der Waals surface area (Å²) in [5.41, 5.74) is 0.662. The molecule has 2 rings (SSSR count). The highest BCUT2D eigenvalue weighted by Crippen LogP contribution is 2.21. The highest BCUT2D eigenvalue weighted by molar-refractivity contribution is 5.75. The summed E-state index contributed by atoms with van der Waals surface area (Å²) >= 11 is 0. The van der Waals surface area contributed by atoms with Crippen LogP contribution in [0.4, 0.5) is 8.78 Å². The lowest BCUT2D eigenvalue weighted by molar-refractivity contribution is -0.148. The maximum atomic E-state index is 13.2. The number of methoxy groups -OCH3 is 1. The van der Waals surface area contributed by atoms with E-state index in [1.165, 1.54) is 13.2 Å². The molecular weight excluding hydrogens is 252 g/mol. The van der Waals surface area contributed by atoms with Gasteiger partial charge in [0.25, 0.3) is 0 Å². The van der Waals surface area contributed by atoms with E-state index in [2.05, 4.69) is 0 Å². The zero-order chi connectivity index (χ0) is 13.8. The average Bonchev–Trinajstić information content (AvgIpc) is 2.43. The minimum absolute atomic E-state index is 0.262. The Morgan fingerprint density at radius 3 is 2.84 bits per heavy atom. The van der Waals surface area contributed by atoms with Gasteiger partial charge in [-0.15, -0.1) is 0 Å². The number of likely N-dealkylation sites (tertiary alicyclic amines) is 1. The number of nitrogens with zero attached hydrogens (tertiary/aromatic N) is 1. The van der Waals surface area contributed by atoms with Gasteiger partial charge >= 0.3 is 5.97 Å². The van der Waals surface area contributed by atoms with E-state index in [1.54, 1.807) is 6.07 Å². The fraction of sp³-hybridized carbons (Fsp3) is 0.500. The number of carbonyl (C=O) groups excluding carboxylic acids is 1. The molecule has 1 aliphatic rings. The van der Waals surface area contributed by atoms with Crippen molar-refractivity contribution >= 4 is 5.97 Å². The number of hydrogen-bond acceptors (Lipinski definition) is 3. The molecule has 0 bridgehead atoms. The van der Waals surface area contributed by atoms with Crippen LogP contribution in [-0.4, -0.2) is 30.6 Å². The topological polar surface area (TPSA) is 29.5 Å². The quantitative estimate of drug-likeness (QED) is 0.790. The van der Waals surface area contributed by atoms with E-state index in [9.17, 15) is 13.6 Å². The highest BCUT2D eigenvalue weighted by Gasteiger charge is 2.29. The zero-order valence-electron chi connectivity index (χ0n) is 10.9. The van der Waals surface area contributed by atoms with Gasteiger partial charge in [0, 0.05) is 6.54 Å². The van der Waals surface area contributed by atoms with Crippen molar-refractivity contribution in [1.29, 1.82) is 0 Å². The van der Waals surface area contributed by atoms with Crippen LogP contribution in [0.1, 0.15) is 24.8 Å².